The lowest BCUT2D eigenvalue weighted by atomic mass is 10.3. The molecular formula is C10H9N5S3. The van der Waals surface area contributed by atoms with Gasteiger partial charge in [0.25, 0.3) is 0 Å². The maximum Gasteiger partial charge on any atom is 0.219 e. The Kier molecular flexibility index (Phi) is 3.41. The second kappa shape index (κ2) is 5.19. The first kappa shape index (κ1) is 11.8. The van der Waals surface area contributed by atoms with E-state index in [1.54, 1.807) is 23.1 Å². The van der Waals surface area contributed by atoms with Gasteiger partial charge in [-0.1, -0.05) is 35.2 Å². The average molecular weight is 295 g/mol. The standard InChI is InChI=1S/C10H9N5S3/c11-13-9-15-14-8(18-9)5-16-10-12-6-3-1-2-4-7(6)17-10/h1-4H,5,11H2,(H,13,15). The fourth-order valence-corrected chi connectivity index (χ4v) is 4.11. The van der Waals surface area contributed by atoms with Crippen molar-refractivity contribution in [1.82, 2.24) is 15.2 Å². The first-order valence-corrected chi connectivity index (χ1v) is 7.74. The third kappa shape index (κ3) is 2.46. The zero-order valence-corrected chi connectivity index (χ0v) is 11.6. The van der Waals surface area contributed by atoms with E-state index in [0.29, 0.717) is 5.13 Å². The van der Waals surface area contributed by atoms with Gasteiger partial charge in [0, 0.05) is 0 Å². The average Bonchev–Trinajstić information content (AvgIpc) is 3.02. The molecule has 0 saturated carbocycles. The van der Waals surface area contributed by atoms with E-state index in [2.05, 4.69) is 26.7 Å². The van der Waals surface area contributed by atoms with Gasteiger partial charge in [0.15, 0.2) is 4.34 Å². The van der Waals surface area contributed by atoms with Crippen LogP contribution >= 0.6 is 34.4 Å². The zero-order valence-electron chi connectivity index (χ0n) is 9.16. The molecule has 18 heavy (non-hydrogen) atoms. The summed E-state index contributed by atoms with van der Waals surface area (Å²) in [6, 6.07) is 8.13. The molecule has 1 aromatic carbocycles. The number of para-hydroxylation sites is 1. The molecule has 3 rings (SSSR count). The number of aromatic nitrogens is 3. The molecule has 0 saturated heterocycles. The summed E-state index contributed by atoms with van der Waals surface area (Å²) in [6.45, 7) is 0. The summed E-state index contributed by atoms with van der Waals surface area (Å²) in [5, 5.41) is 9.50. The molecule has 0 unspecified atom stereocenters. The minimum absolute atomic E-state index is 0.634. The number of benzene rings is 1. The van der Waals surface area contributed by atoms with Crippen molar-refractivity contribution in [1.29, 1.82) is 0 Å². The van der Waals surface area contributed by atoms with Crippen molar-refractivity contribution >= 4 is 49.8 Å². The molecule has 8 heteroatoms. The number of hydrogen-bond acceptors (Lipinski definition) is 8. The molecule has 5 nitrogen and oxygen atoms in total. The number of thioether (sulfide) groups is 1. The van der Waals surface area contributed by atoms with Crippen LogP contribution in [0.25, 0.3) is 10.2 Å². The predicted octanol–water partition coefficient (Wildman–Crippen LogP) is 2.73. The van der Waals surface area contributed by atoms with Gasteiger partial charge in [-0.2, -0.15) is 0 Å². The molecule has 3 N–H and O–H groups in total. The molecule has 0 aliphatic rings. The summed E-state index contributed by atoms with van der Waals surface area (Å²) < 4.78 is 2.26. The number of thiazole rings is 1. The Morgan fingerprint density at radius 2 is 2.11 bits per heavy atom. The van der Waals surface area contributed by atoms with Gasteiger partial charge < -0.3 is 0 Å². The highest BCUT2D eigenvalue weighted by atomic mass is 32.2. The van der Waals surface area contributed by atoms with Gasteiger partial charge in [0.05, 0.1) is 16.0 Å². The molecule has 3 aromatic rings. The smallest absolute Gasteiger partial charge is 0.219 e. The lowest BCUT2D eigenvalue weighted by Gasteiger charge is -1.90. The lowest BCUT2D eigenvalue weighted by Crippen LogP contribution is -2.05. The van der Waals surface area contributed by atoms with Crippen LogP contribution in [0, 0.1) is 0 Å². The Hall–Kier alpha value is -1.22. The highest BCUT2D eigenvalue weighted by molar-refractivity contribution is 8.00. The minimum atomic E-state index is 0.634. The topological polar surface area (TPSA) is 76.7 Å². The second-order valence-electron chi connectivity index (χ2n) is 3.38. The molecule has 0 spiro atoms. The second-order valence-corrected chi connectivity index (χ2v) is 6.70. The van der Waals surface area contributed by atoms with Crippen LogP contribution in [0.2, 0.25) is 0 Å². The van der Waals surface area contributed by atoms with E-state index in [9.17, 15) is 0 Å². The number of nitrogens with one attached hydrogen (secondary N) is 1. The van der Waals surface area contributed by atoms with Gasteiger partial charge in [-0.05, 0) is 12.1 Å². The number of nitrogen functional groups attached to an aromatic ring is 1. The number of nitrogens with zero attached hydrogens (tertiary/aromatic N) is 3. The molecular weight excluding hydrogens is 286 g/mol. The SMILES string of the molecule is NNc1nnc(CSc2nc3ccccc3s2)s1. The number of rotatable bonds is 4. The number of hydrazine groups is 1. The van der Waals surface area contributed by atoms with Crippen molar-refractivity contribution in [2.75, 3.05) is 5.43 Å². The predicted molar refractivity (Wildman–Crippen MR) is 76.9 cm³/mol. The Morgan fingerprint density at radius 3 is 2.89 bits per heavy atom. The largest absolute Gasteiger partial charge is 0.298 e. The molecule has 0 atom stereocenters. The molecule has 0 aliphatic heterocycles. The normalized spacial score (nSPS) is 10.9. The molecule has 0 fully saturated rings. The summed E-state index contributed by atoms with van der Waals surface area (Å²) in [5.41, 5.74) is 3.54. The van der Waals surface area contributed by atoms with Gasteiger partial charge in [-0.3, -0.25) is 5.43 Å². The van der Waals surface area contributed by atoms with Crippen LogP contribution in [-0.2, 0) is 5.75 Å². The summed E-state index contributed by atoms with van der Waals surface area (Å²) in [4.78, 5) is 4.55. The van der Waals surface area contributed by atoms with Gasteiger partial charge in [-0.15, -0.1) is 21.5 Å². The fourth-order valence-electron chi connectivity index (χ4n) is 1.41. The summed E-state index contributed by atoms with van der Waals surface area (Å²) in [5.74, 6) is 6.03. The molecule has 0 aliphatic carbocycles. The highest BCUT2D eigenvalue weighted by Gasteiger charge is 2.07. The molecule has 0 radical (unpaired) electrons. The number of anilines is 1. The monoisotopic (exact) mass is 295 g/mol. The van der Waals surface area contributed by atoms with E-state index in [4.69, 9.17) is 5.84 Å². The van der Waals surface area contributed by atoms with Gasteiger partial charge >= 0.3 is 0 Å². The van der Waals surface area contributed by atoms with Gasteiger partial charge in [0.1, 0.15) is 5.01 Å². The minimum Gasteiger partial charge on any atom is -0.298 e. The van der Waals surface area contributed by atoms with Crippen LogP contribution in [0.3, 0.4) is 0 Å². The quantitative estimate of drug-likeness (QED) is 0.438. The number of fused-ring (bicyclic) bond motifs is 1. The number of nitrogens with two attached hydrogens (primary N) is 1. The van der Waals surface area contributed by atoms with Crippen molar-refractivity contribution < 1.29 is 0 Å². The molecule has 2 aromatic heterocycles. The van der Waals surface area contributed by atoms with Crippen LogP contribution in [0.4, 0.5) is 5.13 Å². The van der Waals surface area contributed by atoms with E-state index >= 15 is 0 Å². The Labute approximate surface area is 115 Å². The third-order valence-electron chi connectivity index (χ3n) is 2.18. The molecule has 0 amide bonds. The third-order valence-corrected chi connectivity index (χ3v) is 5.41. The Morgan fingerprint density at radius 1 is 1.22 bits per heavy atom. The van der Waals surface area contributed by atoms with E-state index < -0.39 is 0 Å². The van der Waals surface area contributed by atoms with Crippen LogP contribution < -0.4 is 11.3 Å². The van der Waals surface area contributed by atoms with Crippen LogP contribution in [-0.4, -0.2) is 15.2 Å². The first-order valence-electron chi connectivity index (χ1n) is 5.12. The maximum absolute atomic E-state index is 5.26. The van der Waals surface area contributed by atoms with E-state index in [1.165, 1.54) is 16.0 Å². The van der Waals surface area contributed by atoms with Crippen molar-refractivity contribution in [2.45, 2.75) is 10.1 Å². The Bertz CT molecular complexity index is 629. The molecule has 92 valence electrons. The number of hydrogen-bond donors (Lipinski definition) is 2. The van der Waals surface area contributed by atoms with Gasteiger partial charge in [0.2, 0.25) is 5.13 Å². The maximum atomic E-state index is 5.26. The highest BCUT2D eigenvalue weighted by Crippen LogP contribution is 2.32. The van der Waals surface area contributed by atoms with E-state index in [1.807, 2.05) is 18.2 Å². The van der Waals surface area contributed by atoms with Crippen LogP contribution in [0.1, 0.15) is 5.01 Å². The van der Waals surface area contributed by atoms with E-state index in [-0.39, 0.29) is 0 Å². The van der Waals surface area contributed by atoms with Crippen LogP contribution in [0.15, 0.2) is 28.6 Å². The summed E-state index contributed by atoms with van der Waals surface area (Å²) in [7, 11) is 0. The first-order chi connectivity index (χ1) is 8.85. The van der Waals surface area contributed by atoms with Crippen molar-refractivity contribution in [3.63, 3.8) is 0 Å². The fraction of sp³-hybridized carbons (Fsp3) is 0.100. The molecule has 2 heterocycles. The van der Waals surface area contributed by atoms with Crippen molar-refractivity contribution in [3.05, 3.63) is 29.3 Å². The molecule has 0 bridgehead atoms. The van der Waals surface area contributed by atoms with E-state index in [0.717, 1.165) is 20.6 Å². The summed E-state index contributed by atoms with van der Waals surface area (Å²) in [6.07, 6.45) is 0. The van der Waals surface area contributed by atoms with Crippen molar-refractivity contribution in [3.8, 4) is 0 Å². The lowest BCUT2D eigenvalue weighted by molar-refractivity contribution is 1.03. The van der Waals surface area contributed by atoms with Crippen molar-refractivity contribution in [2.24, 2.45) is 5.84 Å². The zero-order chi connectivity index (χ0) is 12.4. The Balaban J connectivity index is 1.72. The summed E-state index contributed by atoms with van der Waals surface area (Å²) >= 11 is 4.82. The van der Waals surface area contributed by atoms with Crippen LogP contribution in [0.5, 0.6) is 0 Å². The van der Waals surface area contributed by atoms with Gasteiger partial charge in [-0.25, -0.2) is 10.8 Å².